The van der Waals surface area contributed by atoms with Crippen molar-refractivity contribution >= 4 is 5.91 Å². The smallest absolute Gasteiger partial charge is 0.236 e. The lowest BCUT2D eigenvalue weighted by molar-refractivity contribution is -0.136. The standard InChI is InChI=1S/C15H22N4O2/c20-15(19-6-8-21-9-7-19)11-18-5-1-2-13(10-18)14-3-4-16-12-17-14/h3-4,12-13H,1-2,5-11H2/t13-/m0/s1. The Morgan fingerprint density at radius 1 is 1.33 bits per heavy atom. The van der Waals surface area contributed by atoms with E-state index in [9.17, 15) is 4.79 Å². The number of carbonyl (C=O) groups is 1. The number of ether oxygens (including phenoxy) is 1. The van der Waals surface area contributed by atoms with Gasteiger partial charge in [0.2, 0.25) is 5.91 Å². The van der Waals surface area contributed by atoms with E-state index < -0.39 is 0 Å². The minimum atomic E-state index is 0.224. The van der Waals surface area contributed by atoms with E-state index in [1.54, 1.807) is 12.5 Å². The summed E-state index contributed by atoms with van der Waals surface area (Å²) in [6.07, 6.45) is 5.65. The molecule has 21 heavy (non-hydrogen) atoms. The molecule has 0 radical (unpaired) electrons. The third-order valence-electron chi connectivity index (χ3n) is 4.25. The van der Waals surface area contributed by atoms with Crippen LogP contribution in [-0.2, 0) is 9.53 Å². The van der Waals surface area contributed by atoms with Gasteiger partial charge in [0.05, 0.1) is 19.8 Å². The van der Waals surface area contributed by atoms with Crippen molar-refractivity contribution in [2.45, 2.75) is 18.8 Å². The van der Waals surface area contributed by atoms with Gasteiger partial charge in [-0.2, -0.15) is 0 Å². The molecular weight excluding hydrogens is 268 g/mol. The zero-order valence-corrected chi connectivity index (χ0v) is 12.3. The average molecular weight is 290 g/mol. The Morgan fingerprint density at radius 3 is 2.95 bits per heavy atom. The van der Waals surface area contributed by atoms with E-state index in [2.05, 4.69) is 14.9 Å². The van der Waals surface area contributed by atoms with Crippen LogP contribution in [0.15, 0.2) is 18.6 Å². The van der Waals surface area contributed by atoms with Crippen molar-refractivity contribution in [1.82, 2.24) is 19.8 Å². The monoisotopic (exact) mass is 290 g/mol. The second-order valence-corrected chi connectivity index (χ2v) is 5.70. The molecule has 3 heterocycles. The second-order valence-electron chi connectivity index (χ2n) is 5.70. The number of rotatable bonds is 3. The number of nitrogens with zero attached hydrogens (tertiary/aromatic N) is 4. The Bertz CT molecular complexity index is 462. The largest absolute Gasteiger partial charge is 0.378 e. The van der Waals surface area contributed by atoms with Gasteiger partial charge in [-0.05, 0) is 25.5 Å². The molecule has 0 aromatic carbocycles. The fourth-order valence-corrected chi connectivity index (χ4v) is 3.09. The molecule has 0 saturated carbocycles. The van der Waals surface area contributed by atoms with Crippen molar-refractivity contribution in [2.75, 3.05) is 45.9 Å². The van der Waals surface area contributed by atoms with E-state index in [0.717, 1.165) is 44.7 Å². The van der Waals surface area contributed by atoms with Gasteiger partial charge >= 0.3 is 0 Å². The highest BCUT2D eigenvalue weighted by atomic mass is 16.5. The van der Waals surface area contributed by atoms with Crippen LogP contribution in [0, 0.1) is 0 Å². The minimum absolute atomic E-state index is 0.224. The van der Waals surface area contributed by atoms with Crippen molar-refractivity contribution in [2.24, 2.45) is 0 Å². The topological polar surface area (TPSA) is 58.6 Å². The van der Waals surface area contributed by atoms with Gasteiger partial charge in [0, 0.05) is 37.4 Å². The normalized spacial score (nSPS) is 24.0. The first-order chi connectivity index (χ1) is 10.3. The Morgan fingerprint density at radius 2 is 2.19 bits per heavy atom. The maximum Gasteiger partial charge on any atom is 0.236 e. The van der Waals surface area contributed by atoms with Crippen molar-refractivity contribution in [3.8, 4) is 0 Å². The maximum atomic E-state index is 12.3. The molecule has 6 nitrogen and oxygen atoms in total. The van der Waals surface area contributed by atoms with E-state index in [1.807, 2.05) is 11.0 Å². The molecule has 1 amide bonds. The van der Waals surface area contributed by atoms with E-state index in [4.69, 9.17) is 4.74 Å². The molecule has 0 aliphatic carbocycles. The second kappa shape index (κ2) is 6.95. The highest BCUT2D eigenvalue weighted by Crippen LogP contribution is 2.24. The van der Waals surface area contributed by atoms with Crippen LogP contribution in [0.5, 0.6) is 0 Å². The molecule has 3 rings (SSSR count). The Balaban J connectivity index is 1.55. The van der Waals surface area contributed by atoms with Crippen molar-refractivity contribution in [3.63, 3.8) is 0 Å². The van der Waals surface area contributed by atoms with Gasteiger partial charge in [0.15, 0.2) is 0 Å². The predicted molar refractivity (Wildman–Crippen MR) is 77.8 cm³/mol. The molecule has 1 aromatic heterocycles. The first-order valence-corrected chi connectivity index (χ1v) is 7.67. The highest BCUT2D eigenvalue weighted by molar-refractivity contribution is 5.78. The molecule has 2 fully saturated rings. The zero-order valence-electron chi connectivity index (χ0n) is 12.3. The summed E-state index contributed by atoms with van der Waals surface area (Å²) in [5, 5.41) is 0. The summed E-state index contributed by atoms with van der Waals surface area (Å²) in [6.45, 7) is 5.20. The number of morpholine rings is 1. The number of likely N-dealkylation sites (tertiary alicyclic amines) is 1. The molecule has 114 valence electrons. The molecule has 0 bridgehead atoms. The van der Waals surface area contributed by atoms with Crippen LogP contribution in [0.2, 0.25) is 0 Å². The molecule has 0 N–H and O–H groups in total. The van der Waals surface area contributed by atoms with Crippen LogP contribution in [0.3, 0.4) is 0 Å². The van der Waals surface area contributed by atoms with E-state index in [0.29, 0.717) is 25.7 Å². The molecule has 2 aliphatic heterocycles. The minimum Gasteiger partial charge on any atom is -0.378 e. The van der Waals surface area contributed by atoms with Crippen LogP contribution in [0.4, 0.5) is 0 Å². The molecule has 1 atom stereocenters. The molecule has 0 spiro atoms. The quantitative estimate of drug-likeness (QED) is 0.812. The van der Waals surface area contributed by atoms with E-state index in [-0.39, 0.29) is 5.91 Å². The summed E-state index contributed by atoms with van der Waals surface area (Å²) in [7, 11) is 0. The number of amides is 1. The Labute approximate surface area is 125 Å². The average Bonchev–Trinajstić information content (AvgIpc) is 2.57. The predicted octanol–water partition coefficient (Wildman–Crippen LogP) is 0.515. The number of hydrogen-bond acceptors (Lipinski definition) is 5. The molecule has 0 unspecified atom stereocenters. The number of carbonyl (C=O) groups excluding carboxylic acids is 1. The highest BCUT2D eigenvalue weighted by Gasteiger charge is 2.25. The van der Waals surface area contributed by atoms with Gasteiger partial charge in [-0.3, -0.25) is 9.69 Å². The summed E-state index contributed by atoms with van der Waals surface area (Å²) in [6, 6.07) is 1.98. The van der Waals surface area contributed by atoms with Crippen molar-refractivity contribution < 1.29 is 9.53 Å². The Hall–Kier alpha value is -1.53. The lowest BCUT2D eigenvalue weighted by Gasteiger charge is -2.34. The van der Waals surface area contributed by atoms with Crippen LogP contribution >= 0.6 is 0 Å². The number of piperidine rings is 1. The van der Waals surface area contributed by atoms with Crippen molar-refractivity contribution in [1.29, 1.82) is 0 Å². The van der Waals surface area contributed by atoms with Gasteiger partial charge < -0.3 is 9.64 Å². The van der Waals surface area contributed by atoms with E-state index >= 15 is 0 Å². The van der Waals surface area contributed by atoms with E-state index in [1.165, 1.54) is 0 Å². The van der Waals surface area contributed by atoms with Crippen molar-refractivity contribution in [3.05, 3.63) is 24.3 Å². The third kappa shape index (κ3) is 3.77. The summed E-state index contributed by atoms with van der Waals surface area (Å²) in [5.74, 6) is 0.640. The van der Waals surface area contributed by atoms with Crippen LogP contribution in [0.1, 0.15) is 24.5 Å². The lowest BCUT2D eigenvalue weighted by atomic mass is 9.94. The maximum absolute atomic E-state index is 12.3. The molecule has 2 aliphatic rings. The van der Waals surface area contributed by atoms with Gasteiger partial charge in [0.1, 0.15) is 6.33 Å². The van der Waals surface area contributed by atoms with Gasteiger partial charge in [-0.25, -0.2) is 9.97 Å². The van der Waals surface area contributed by atoms with Gasteiger partial charge in [0.25, 0.3) is 0 Å². The van der Waals surface area contributed by atoms with Gasteiger partial charge in [-0.1, -0.05) is 0 Å². The zero-order chi connectivity index (χ0) is 14.5. The van der Waals surface area contributed by atoms with Crippen LogP contribution < -0.4 is 0 Å². The fourth-order valence-electron chi connectivity index (χ4n) is 3.09. The molecule has 6 heteroatoms. The SMILES string of the molecule is O=C(CN1CCC[C@H](c2ccncn2)C1)N1CCOCC1. The molecular formula is C15H22N4O2. The van der Waals surface area contributed by atoms with Crippen LogP contribution in [-0.4, -0.2) is 71.6 Å². The molecule has 1 aromatic rings. The first kappa shape index (κ1) is 14.4. The van der Waals surface area contributed by atoms with Gasteiger partial charge in [-0.15, -0.1) is 0 Å². The molecule has 2 saturated heterocycles. The third-order valence-corrected chi connectivity index (χ3v) is 4.25. The Kier molecular flexibility index (Phi) is 4.77. The summed E-state index contributed by atoms with van der Waals surface area (Å²) < 4.78 is 5.29. The summed E-state index contributed by atoms with van der Waals surface area (Å²) >= 11 is 0. The lowest BCUT2D eigenvalue weighted by Crippen LogP contribution is -2.47. The number of aromatic nitrogens is 2. The summed E-state index contributed by atoms with van der Waals surface area (Å²) in [4.78, 5) is 24.8. The summed E-state index contributed by atoms with van der Waals surface area (Å²) in [5.41, 5.74) is 1.09. The first-order valence-electron chi connectivity index (χ1n) is 7.67. The number of hydrogen-bond donors (Lipinski definition) is 0. The van der Waals surface area contributed by atoms with Crippen LogP contribution in [0.25, 0.3) is 0 Å². The fraction of sp³-hybridized carbons (Fsp3) is 0.667.